The largest absolute Gasteiger partial charge is 0.492 e. The van der Waals surface area contributed by atoms with E-state index in [2.05, 4.69) is 4.99 Å². The zero-order valence-corrected chi connectivity index (χ0v) is 16.4. The fraction of sp³-hybridized carbons (Fsp3) is 0.476. The molecular weight excluding hydrogens is 378 g/mol. The van der Waals surface area contributed by atoms with Gasteiger partial charge in [0.2, 0.25) is 11.8 Å². The van der Waals surface area contributed by atoms with E-state index in [-0.39, 0.29) is 18.8 Å². The maximum absolute atomic E-state index is 12.5. The first kappa shape index (κ1) is 20.6. The molecule has 3 rings (SSSR count). The molecule has 1 unspecified atom stereocenters. The van der Waals surface area contributed by atoms with Crippen LogP contribution in [0, 0.1) is 0 Å². The SMILES string of the molecule is COc1c(OCCC(N=C=O)C(=O)O)cc2c(c1OC)C1=C(CCC1)C(=O)CC2. The van der Waals surface area contributed by atoms with Crippen molar-refractivity contribution >= 4 is 23.4 Å². The zero-order chi connectivity index (χ0) is 21.0. The zero-order valence-electron chi connectivity index (χ0n) is 16.4. The Balaban J connectivity index is 1.96. The van der Waals surface area contributed by atoms with E-state index < -0.39 is 12.0 Å². The number of benzene rings is 1. The topological polar surface area (TPSA) is 111 Å². The van der Waals surface area contributed by atoms with E-state index in [1.165, 1.54) is 13.2 Å². The molecule has 0 spiro atoms. The summed E-state index contributed by atoms with van der Waals surface area (Å²) in [6.07, 6.45) is 4.79. The second-order valence-corrected chi connectivity index (χ2v) is 6.92. The molecule has 2 aliphatic rings. The number of fused-ring (bicyclic) bond motifs is 2. The van der Waals surface area contributed by atoms with Crippen molar-refractivity contribution in [2.24, 2.45) is 4.99 Å². The third-order valence-corrected chi connectivity index (χ3v) is 5.31. The van der Waals surface area contributed by atoms with Gasteiger partial charge in [-0.1, -0.05) is 0 Å². The molecule has 1 N–H and O–H groups in total. The molecule has 1 aromatic carbocycles. The highest BCUT2D eigenvalue weighted by Gasteiger charge is 2.32. The van der Waals surface area contributed by atoms with Crippen molar-refractivity contribution < 1.29 is 33.7 Å². The highest BCUT2D eigenvalue weighted by atomic mass is 16.5. The number of aliphatic imine (C=N–C) groups is 1. The average Bonchev–Trinajstić information content (AvgIpc) is 3.15. The number of aliphatic carboxylic acids is 1. The lowest BCUT2D eigenvalue weighted by Gasteiger charge is -2.21. The van der Waals surface area contributed by atoms with Crippen molar-refractivity contribution in [3.8, 4) is 17.2 Å². The fourth-order valence-electron chi connectivity index (χ4n) is 4.00. The summed E-state index contributed by atoms with van der Waals surface area (Å²) in [5, 5.41) is 9.08. The monoisotopic (exact) mass is 401 g/mol. The molecule has 2 aliphatic carbocycles. The smallest absolute Gasteiger partial charge is 0.329 e. The van der Waals surface area contributed by atoms with Crippen LogP contribution in [0.15, 0.2) is 16.6 Å². The molecule has 0 amide bonds. The molecule has 8 heteroatoms. The van der Waals surface area contributed by atoms with Gasteiger partial charge in [0, 0.05) is 18.4 Å². The number of ketones is 1. The summed E-state index contributed by atoms with van der Waals surface area (Å²) in [4.78, 5) is 37.3. The molecule has 0 saturated heterocycles. The van der Waals surface area contributed by atoms with Gasteiger partial charge in [-0.25, -0.2) is 9.59 Å². The molecule has 1 atom stereocenters. The molecule has 8 nitrogen and oxygen atoms in total. The first-order chi connectivity index (χ1) is 14.0. The summed E-state index contributed by atoms with van der Waals surface area (Å²) < 4.78 is 17.0. The highest BCUT2D eigenvalue weighted by Crippen LogP contribution is 2.50. The molecule has 0 aliphatic heterocycles. The second-order valence-electron chi connectivity index (χ2n) is 6.92. The van der Waals surface area contributed by atoms with E-state index in [1.54, 1.807) is 7.11 Å². The van der Waals surface area contributed by atoms with Crippen LogP contribution in [0.1, 0.15) is 43.2 Å². The number of aryl methyl sites for hydroxylation is 1. The van der Waals surface area contributed by atoms with Crippen molar-refractivity contribution in [3.05, 3.63) is 22.8 Å². The molecular formula is C21H23NO7. The Hall–Kier alpha value is -3.12. The van der Waals surface area contributed by atoms with E-state index in [1.807, 2.05) is 6.07 Å². The minimum absolute atomic E-state index is 0.000907. The van der Waals surface area contributed by atoms with Gasteiger partial charge >= 0.3 is 5.97 Å². The van der Waals surface area contributed by atoms with Gasteiger partial charge in [0.05, 0.1) is 20.8 Å². The van der Waals surface area contributed by atoms with Crippen molar-refractivity contribution in [2.45, 2.75) is 44.6 Å². The molecule has 0 saturated carbocycles. The number of isocyanates is 1. The highest BCUT2D eigenvalue weighted by molar-refractivity contribution is 6.05. The van der Waals surface area contributed by atoms with Crippen LogP contribution in [0.2, 0.25) is 0 Å². The van der Waals surface area contributed by atoms with Crippen LogP contribution in [-0.2, 0) is 20.8 Å². The lowest BCUT2D eigenvalue weighted by atomic mass is 9.95. The summed E-state index contributed by atoms with van der Waals surface area (Å²) in [6, 6.07) is 0.613. The number of Topliss-reactive ketones (excluding diaryl/α,β-unsaturated/α-hetero) is 1. The third kappa shape index (κ3) is 4.03. The maximum Gasteiger partial charge on any atom is 0.329 e. The number of allylic oxidation sites excluding steroid dienone is 2. The fourth-order valence-corrected chi connectivity index (χ4v) is 4.00. The van der Waals surface area contributed by atoms with Crippen LogP contribution in [0.25, 0.3) is 5.57 Å². The number of hydrogen-bond acceptors (Lipinski definition) is 7. The first-order valence-electron chi connectivity index (χ1n) is 9.47. The van der Waals surface area contributed by atoms with Crippen LogP contribution >= 0.6 is 0 Å². The van der Waals surface area contributed by atoms with Crippen LogP contribution in [0.4, 0.5) is 0 Å². The lowest BCUT2D eigenvalue weighted by molar-refractivity contribution is -0.138. The van der Waals surface area contributed by atoms with Crippen LogP contribution in [-0.4, -0.2) is 49.8 Å². The second kappa shape index (κ2) is 8.92. The van der Waals surface area contributed by atoms with Gasteiger partial charge in [0.15, 0.2) is 23.3 Å². The quantitative estimate of drug-likeness (QED) is 0.526. The predicted octanol–water partition coefficient (Wildman–Crippen LogP) is 2.71. The van der Waals surface area contributed by atoms with E-state index >= 15 is 0 Å². The van der Waals surface area contributed by atoms with Gasteiger partial charge in [-0.2, -0.15) is 4.99 Å². The molecule has 1 aromatic rings. The van der Waals surface area contributed by atoms with Crippen molar-refractivity contribution in [3.63, 3.8) is 0 Å². The van der Waals surface area contributed by atoms with E-state index in [0.29, 0.717) is 30.1 Å². The standard InChI is InChI=1S/C21H23NO7/c1-27-19-17(29-9-8-15(21(25)26)22-11-23)10-12-6-7-16(24)13-4-3-5-14(13)18(12)20(19)28-2/h10,15H,3-9H2,1-2H3,(H,25,26). The van der Waals surface area contributed by atoms with E-state index in [4.69, 9.17) is 19.3 Å². The summed E-state index contributed by atoms with van der Waals surface area (Å²) in [7, 11) is 3.04. The molecule has 29 heavy (non-hydrogen) atoms. The van der Waals surface area contributed by atoms with Gasteiger partial charge in [0.1, 0.15) is 0 Å². The minimum atomic E-state index is -1.22. The van der Waals surface area contributed by atoms with E-state index in [0.717, 1.165) is 41.5 Å². The summed E-state index contributed by atoms with van der Waals surface area (Å²) in [6.45, 7) is 0.00727. The molecule has 0 radical (unpaired) electrons. The first-order valence-corrected chi connectivity index (χ1v) is 9.47. The van der Waals surface area contributed by atoms with Crippen LogP contribution in [0.3, 0.4) is 0 Å². The molecule has 0 heterocycles. The van der Waals surface area contributed by atoms with Gasteiger partial charge in [0.25, 0.3) is 0 Å². The minimum Gasteiger partial charge on any atom is -0.492 e. The number of hydrogen-bond donors (Lipinski definition) is 1. The van der Waals surface area contributed by atoms with Crippen molar-refractivity contribution in [2.75, 3.05) is 20.8 Å². The Labute approximate surface area is 168 Å². The molecule has 0 fully saturated rings. The Morgan fingerprint density at radius 2 is 1.90 bits per heavy atom. The number of rotatable bonds is 8. The number of carbonyl (C=O) groups excluding carboxylic acids is 2. The molecule has 0 aromatic heterocycles. The van der Waals surface area contributed by atoms with E-state index in [9.17, 15) is 14.4 Å². The Morgan fingerprint density at radius 3 is 2.55 bits per heavy atom. The van der Waals surface area contributed by atoms with Gasteiger partial charge in [-0.05, 0) is 48.5 Å². The summed E-state index contributed by atoms with van der Waals surface area (Å²) in [5.74, 6) is 0.266. The summed E-state index contributed by atoms with van der Waals surface area (Å²) >= 11 is 0. The lowest BCUT2D eigenvalue weighted by Crippen LogP contribution is -2.20. The van der Waals surface area contributed by atoms with Crippen LogP contribution in [0.5, 0.6) is 17.2 Å². The number of methoxy groups -OCH3 is 2. The third-order valence-electron chi connectivity index (χ3n) is 5.31. The van der Waals surface area contributed by atoms with Crippen molar-refractivity contribution in [1.29, 1.82) is 0 Å². The maximum atomic E-state index is 12.5. The molecule has 0 bridgehead atoms. The number of carbonyl (C=O) groups is 2. The van der Waals surface area contributed by atoms with Gasteiger partial charge < -0.3 is 19.3 Å². The van der Waals surface area contributed by atoms with Gasteiger partial charge in [-0.3, -0.25) is 4.79 Å². The molecule has 154 valence electrons. The predicted molar refractivity (Wildman–Crippen MR) is 103 cm³/mol. The average molecular weight is 401 g/mol. The number of carboxylic acid groups (broad SMARTS) is 1. The van der Waals surface area contributed by atoms with Crippen molar-refractivity contribution in [1.82, 2.24) is 0 Å². The number of nitrogens with zero attached hydrogens (tertiary/aromatic N) is 1. The Bertz CT molecular complexity index is 910. The van der Waals surface area contributed by atoms with Crippen LogP contribution < -0.4 is 14.2 Å². The number of carboxylic acids is 1. The Kier molecular flexibility index (Phi) is 6.34. The normalized spacial score (nSPS) is 16.3. The van der Waals surface area contributed by atoms with Gasteiger partial charge in [-0.15, -0.1) is 0 Å². The Morgan fingerprint density at radius 1 is 1.17 bits per heavy atom. The summed E-state index contributed by atoms with van der Waals surface area (Å²) in [5.41, 5.74) is 3.76. The number of ether oxygens (including phenoxy) is 3.